The molecule has 0 spiro atoms. The molecule has 0 fully saturated rings. The zero-order valence-corrected chi connectivity index (χ0v) is 16.8. The van der Waals surface area contributed by atoms with E-state index in [2.05, 4.69) is 17.3 Å². The minimum atomic E-state index is -0.817. The Labute approximate surface area is 160 Å². The van der Waals surface area contributed by atoms with E-state index in [-0.39, 0.29) is 17.9 Å². The highest BCUT2D eigenvalue weighted by Gasteiger charge is 2.20. The van der Waals surface area contributed by atoms with Crippen LogP contribution in [0, 0.1) is 13.8 Å². The van der Waals surface area contributed by atoms with Crippen molar-refractivity contribution in [1.82, 2.24) is 15.1 Å². The molecule has 0 aliphatic heterocycles. The van der Waals surface area contributed by atoms with Gasteiger partial charge in [0.2, 0.25) is 0 Å². The Morgan fingerprint density at radius 3 is 2.37 bits per heavy atom. The van der Waals surface area contributed by atoms with Gasteiger partial charge in [0.1, 0.15) is 0 Å². The summed E-state index contributed by atoms with van der Waals surface area (Å²) in [6.45, 7) is 9.97. The number of hydrogen-bond acceptors (Lipinski definition) is 3. The van der Waals surface area contributed by atoms with Gasteiger partial charge < -0.3 is 10.4 Å². The zero-order valence-electron chi connectivity index (χ0n) is 16.8. The number of hydrogen-bond donors (Lipinski definition) is 2. The van der Waals surface area contributed by atoms with E-state index in [1.165, 1.54) is 0 Å². The third-order valence-electron chi connectivity index (χ3n) is 4.73. The lowest BCUT2D eigenvalue weighted by Gasteiger charge is -2.25. The van der Waals surface area contributed by atoms with Crippen LogP contribution in [0.4, 0.5) is 0 Å². The van der Waals surface area contributed by atoms with Crippen LogP contribution in [0.3, 0.4) is 0 Å². The molecule has 0 aliphatic carbocycles. The fourth-order valence-electron chi connectivity index (χ4n) is 3.34. The van der Waals surface area contributed by atoms with Gasteiger partial charge in [-0.1, -0.05) is 13.3 Å². The Balaban J connectivity index is 2.19. The first kappa shape index (κ1) is 20.7. The van der Waals surface area contributed by atoms with E-state index in [9.17, 15) is 9.59 Å². The lowest BCUT2D eigenvalue weighted by Crippen LogP contribution is -2.43. The summed E-state index contributed by atoms with van der Waals surface area (Å²) in [6.07, 6.45) is 2.47. The number of amides is 1. The smallest absolute Gasteiger partial charge is 0.303 e. The van der Waals surface area contributed by atoms with Crippen LogP contribution < -0.4 is 5.32 Å². The van der Waals surface area contributed by atoms with E-state index >= 15 is 0 Å². The van der Waals surface area contributed by atoms with Crippen molar-refractivity contribution in [3.63, 3.8) is 0 Å². The average Bonchev–Trinajstić information content (AvgIpc) is 2.86. The number of nitrogens with one attached hydrogen (secondary N) is 1. The number of benzene rings is 1. The van der Waals surface area contributed by atoms with E-state index in [4.69, 9.17) is 5.11 Å². The Morgan fingerprint density at radius 2 is 1.81 bits per heavy atom. The highest BCUT2D eigenvalue weighted by Crippen LogP contribution is 2.20. The second-order valence-corrected chi connectivity index (χ2v) is 7.59. The fourth-order valence-corrected chi connectivity index (χ4v) is 3.34. The summed E-state index contributed by atoms with van der Waals surface area (Å²) >= 11 is 0. The molecule has 0 unspecified atom stereocenters. The maximum absolute atomic E-state index is 12.5. The van der Waals surface area contributed by atoms with Crippen molar-refractivity contribution in [3.8, 4) is 5.69 Å². The van der Waals surface area contributed by atoms with Crippen LogP contribution >= 0.6 is 0 Å². The third kappa shape index (κ3) is 5.18. The molecular formula is C21H29N3O3. The van der Waals surface area contributed by atoms with Crippen LogP contribution in [0.15, 0.2) is 24.3 Å². The van der Waals surface area contributed by atoms with Gasteiger partial charge in [-0.25, -0.2) is 4.68 Å². The molecule has 1 aromatic carbocycles. The molecule has 2 aromatic rings. The van der Waals surface area contributed by atoms with Gasteiger partial charge in [-0.3, -0.25) is 9.59 Å². The normalized spacial score (nSPS) is 11.4. The number of aryl methyl sites for hydroxylation is 1. The summed E-state index contributed by atoms with van der Waals surface area (Å²) in [5, 5.41) is 16.5. The summed E-state index contributed by atoms with van der Waals surface area (Å²) < 4.78 is 1.80. The van der Waals surface area contributed by atoms with Gasteiger partial charge in [-0.15, -0.1) is 0 Å². The van der Waals surface area contributed by atoms with Crippen molar-refractivity contribution < 1.29 is 14.7 Å². The van der Waals surface area contributed by atoms with E-state index in [0.717, 1.165) is 35.5 Å². The summed E-state index contributed by atoms with van der Waals surface area (Å²) in [5.74, 6) is -0.904. The molecular weight excluding hydrogens is 342 g/mol. The predicted molar refractivity (Wildman–Crippen MR) is 105 cm³/mol. The predicted octanol–water partition coefficient (Wildman–Crippen LogP) is 3.81. The molecule has 0 saturated carbocycles. The number of aromatic nitrogens is 2. The Bertz CT molecular complexity index is 820. The number of rotatable bonds is 8. The van der Waals surface area contributed by atoms with Gasteiger partial charge in [-0.05, 0) is 70.4 Å². The molecule has 0 atom stereocenters. The minimum absolute atomic E-state index is 0.0834. The number of carbonyl (C=O) groups is 2. The average molecular weight is 371 g/mol. The van der Waals surface area contributed by atoms with Crippen molar-refractivity contribution in [1.29, 1.82) is 0 Å². The first-order chi connectivity index (χ1) is 12.6. The molecule has 2 N–H and O–H groups in total. The monoisotopic (exact) mass is 371 g/mol. The summed E-state index contributed by atoms with van der Waals surface area (Å²) in [6, 6.07) is 7.31. The summed E-state index contributed by atoms with van der Waals surface area (Å²) in [7, 11) is 0. The largest absolute Gasteiger partial charge is 0.481 e. The van der Waals surface area contributed by atoms with Gasteiger partial charge in [0, 0.05) is 23.2 Å². The molecule has 0 radical (unpaired) electrons. The summed E-state index contributed by atoms with van der Waals surface area (Å²) in [5.41, 5.74) is 3.93. The van der Waals surface area contributed by atoms with Crippen LogP contribution in [0.2, 0.25) is 0 Å². The first-order valence-corrected chi connectivity index (χ1v) is 9.34. The Hall–Kier alpha value is -2.63. The number of carboxylic acid groups (broad SMARTS) is 1. The number of aliphatic carboxylic acids is 1. The van der Waals surface area contributed by atoms with E-state index in [0.29, 0.717) is 12.0 Å². The van der Waals surface area contributed by atoms with E-state index in [1.54, 1.807) is 16.8 Å². The van der Waals surface area contributed by atoms with Crippen LogP contribution in [-0.4, -0.2) is 32.3 Å². The van der Waals surface area contributed by atoms with Crippen molar-refractivity contribution in [2.45, 2.75) is 65.8 Å². The number of nitrogens with zero attached hydrogens (tertiary/aromatic N) is 2. The van der Waals surface area contributed by atoms with Gasteiger partial charge in [-0.2, -0.15) is 5.10 Å². The molecule has 27 heavy (non-hydrogen) atoms. The van der Waals surface area contributed by atoms with Gasteiger partial charge in [0.05, 0.1) is 11.4 Å². The highest BCUT2D eigenvalue weighted by molar-refractivity contribution is 5.94. The molecule has 0 saturated heterocycles. The molecule has 1 amide bonds. The van der Waals surface area contributed by atoms with Crippen LogP contribution in [0.25, 0.3) is 5.69 Å². The van der Waals surface area contributed by atoms with Gasteiger partial charge in [0.15, 0.2) is 0 Å². The quantitative estimate of drug-likeness (QED) is 0.739. The van der Waals surface area contributed by atoms with Gasteiger partial charge >= 0.3 is 5.97 Å². The minimum Gasteiger partial charge on any atom is -0.481 e. The third-order valence-corrected chi connectivity index (χ3v) is 4.73. The molecule has 0 aliphatic rings. The molecule has 2 rings (SSSR count). The Morgan fingerprint density at radius 1 is 1.19 bits per heavy atom. The SMILES string of the molecule is CCCC(C)(C)NC(=O)c1ccc(-n2nc(C)c(CCC(=O)O)c2C)cc1. The van der Waals surface area contributed by atoms with Crippen LogP contribution in [0.1, 0.15) is 67.3 Å². The molecule has 146 valence electrons. The maximum atomic E-state index is 12.5. The Kier molecular flexibility index (Phi) is 6.41. The lowest BCUT2D eigenvalue weighted by molar-refractivity contribution is -0.136. The first-order valence-electron chi connectivity index (χ1n) is 9.34. The maximum Gasteiger partial charge on any atom is 0.303 e. The molecule has 0 bridgehead atoms. The lowest BCUT2D eigenvalue weighted by atomic mass is 9.98. The molecule has 6 heteroatoms. The van der Waals surface area contributed by atoms with Gasteiger partial charge in [0.25, 0.3) is 5.91 Å². The zero-order chi connectivity index (χ0) is 20.2. The van der Waals surface area contributed by atoms with Crippen molar-refractivity contribution in [2.24, 2.45) is 0 Å². The van der Waals surface area contributed by atoms with Crippen molar-refractivity contribution in [3.05, 3.63) is 46.8 Å². The van der Waals surface area contributed by atoms with Crippen molar-refractivity contribution in [2.75, 3.05) is 0 Å². The molecule has 1 heterocycles. The number of carboxylic acids is 1. The number of carbonyl (C=O) groups excluding carboxylic acids is 1. The second kappa shape index (κ2) is 8.37. The second-order valence-electron chi connectivity index (χ2n) is 7.59. The standard InChI is InChI=1S/C21H29N3O3/c1-6-13-21(4,5)22-20(27)16-7-9-17(10-8-16)24-15(3)18(14(2)23-24)11-12-19(25)26/h7-10H,6,11-13H2,1-5H3,(H,22,27)(H,25,26). The highest BCUT2D eigenvalue weighted by atomic mass is 16.4. The topological polar surface area (TPSA) is 84.2 Å². The van der Waals surface area contributed by atoms with E-state index < -0.39 is 5.97 Å². The van der Waals surface area contributed by atoms with Crippen molar-refractivity contribution >= 4 is 11.9 Å². The summed E-state index contributed by atoms with van der Waals surface area (Å²) in [4.78, 5) is 23.3. The van der Waals surface area contributed by atoms with E-state index in [1.807, 2.05) is 39.8 Å². The van der Waals surface area contributed by atoms with Crippen LogP contribution in [-0.2, 0) is 11.2 Å². The molecule has 6 nitrogen and oxygen atoms in total. The fraction of sp³-hybridized carbons (Fsp3) is 0.476. The van der Waals surface area contributed by atoms with Crippen LogP contribution in [0.5, 0.6) is 0 Å². The molecule has 1 aromatic heterocycles.